The zero-order valence-electron chi connectivity index (χ0n) is 13.6. The van der Waals surface area contributed by atoms with Crippen LogP contribution in [0.15, 0.2) is 84.2 Å². The van der Waals surface area contributed by atoms with Gasteiger partial charge in [-0.25, -0.2) is 12.1 Å². The van der Waals surface area contributed by atoms with Crippen molar-refractivity contribution in [2.24, 2.45) is 0 Å². The summed E-state index contributed by atoms with van der Waals surface area (Å²) in [5.74, 6) is 1.29. The first-order valence-electron chi connectivity index (χ1n) is 7.59. The molecule has 0 unspecified atom stereocenters. The zero-order valence-corrected chi connectivity index (χ0v) is 14.7. The Morgan fingerprint density at radius 3 is 2.17 bits per heavy atom. The average Bonchev–Trinajstić information content (AvgIpc) is 3.25. The van der Waals surface area contributed by atoms with Crippen molar-refractivity contribution in [2.75, 3.05) is 0 Å². The van der Waals surface area contributed by atoms with E-state index in [1.807, 2.05) is 80.6 Å². The van der Waals surface area contributed by atoms with E-state index in [2.05, 4.69) is 0 Å². The summed E-state index contributed by atoms with van der Waals surface area (Å²) in [4.78, 5) is 0. The van der Waals surface area contributed by atoms with Gasteiger partial charge in [-0.2, -0.15) is 18.2 Å². The average molecular weight is 358 g/mol. The van der Waals surface area contributed by atoms with E-state index in [0.717, 1.165) is 16.7 Å². The van der Waals surface area contributed by atoms with Crippen LogP contribution in [0.1, 0.15) is 16.7 Å². The van der Waals surface area contributed by atoms with Crippen LogP contribution in [-0.4, -0.2) is 0 Å². The van der Waals surface area contributed by atoms with Gasteiger partial charge in [0.2, 0.25) is 0 Å². The molecule has 0 radical (unpaired) electrons. The molecule has 24 heavy (non-hydrogen) atoms. The maximum absolute atomic E-state index is 12.1. The van der Waals surface area contributed by atoms with Gasteiger partial charge in [0.25, 0.3) is 0 Å². The SMILES string of the molecule is Cc1cc2c(cc1C)C([O-])=CC(=C1C=CC=C1)O2.[Fe+2].c1cc[cH-]c1. The van der Waals surface area contributed by atoms with Gasteiger partial charge < -0.3 is 9.84 Å². The van der Waals surface area contributed by atoms with Crippen LogP contribution in [0.4, 0.5) is 0 Å². The van der Waals surface area contributed by atoms with E-state index in [9.17, 15) is 5.11 Å². The van der Waals surface area contributed by atoms with E-state index in [1.54, 1.807) is 6.08 Å². The molecule has 1 aliphatic heterocycles. The molecular weight excluding hydrogens is 340 g/mol. The van der Waals surface area contributed by atoms with Crippen molar-refractivity contribution in [2.45, 2.75) is 13.8 Å². The Bertz CT molecular complexity index is 791. The normalized spacial score (nSPS) is 14.2. The van der Waals surface area contributed by atoms with E-state index in [-0.39, 0.29) is 22.8 Å². The Morgan fingerprint density at radius 1 is 0.958 bits per heavy atom. The number of fused-ring (bicyclic) bond motifs is 1. The van der Waals surface area contributed by atoms with Crippen molar-refractivity contribution >= 4 is 5.76 Å². The van der Waals surface area contributed by atoms with Gasteiger partial charge >= 0.3 is 17.1 Å². The standard InChI is InChI=1S/C16H14O2.C5H5.Fe/c1-10-7-13-14(17)9-15(12-5-3-4-6-12)18-16(13)8-11(10)2;1-2-4-5-3-1;/h3-9,17H,1-2H3;1-5H;/q;-1;+2/p-1. The van der Waals surface area contributed by atoms with Gasteiger partial charge in [-0.05, 0) is 43.2 Å². The molecule has 2 aliphatic rings. The first kappa shape index (κ1) is 18.0. The molecule has 4 rings (SSSR count). The first-order valence-corrected chi connectivity index (χ1v) is 7.59. The number of hydrogen-bond acceptors (Lipinski definition) is 2. The van der Waals surface area contributed by atoms with E-state index < -0.39 is 0 Å². The smallest absolute Gasteiger partial charge is 0.872 e. The summed E-state index contributed by atoms with van der Waals surface area (Å²) in [5.41, 5.74) is 3.82. The van der Waals surface area contributed by atoms with Crippen molar-refractivity contribution in [3.63, 3.8) is 0 Å². The molecule has 0 aromatic heterocycles. The molecule has 0 N–H and O–H groups in total. The number of hydrogen-bond donors (Lipinski definition) is 0. The summed E-state index contributed by atoms with van der Waals surface area (Å²) in [6, 6.07) is 13.8. The molecule has 0 bridgehead atoms. The number of aryl methyl sites for hydroxylation is 2. The third kappa shape index (κ3) is 3.94. The number of rotatable bonds is 0. The second-order valence-electron chi connectivity index (χ2n) is 5.54. The fourth-order valence-corrected chi connectivity index (χ4v) is 2.41. The molecule has 3 heteroatoms. The van der Waals surface area contributed by atoms with Crippen LogP contribution in [0, 0.1) is 13.8 Å². The monoisotopic (exact) mass is 358 g/mol. The van der Waals surface area contributed by atoms with Crippen LogP contribution in [-0.2, 0) is 17.1 Å². The molecule has 0 fully saturated rings. The molecular formula is C21H18FeO2. The summed E-state index contributed by atoms with van der Waals surface area (Å²) in [6.45, 7) is 4.02. The van der Waals surface area contributed by atoms with Crippen molar-refractivity contribution in [3.8, 4) is 5.75 Å². The Morgan fingerprint density at radius 2 is 1.58 bits per heavy atom. The van der Waals surface area contributed by atoms with E-state index in [4.69, 9.17) is 4.74 Å². The van der Waals surface area contributed by atoms with E-state index in [0.29, 0.717) is 17.1 Å². The summed E-state index contributed by atoms with van der Waals surface area (Å²) in [6.07, 6.45) is 9.29. The van der Waals surface area contributed by atoms with Crippen LogP contribution in [0.25, 0.3) is 5.76 Å². The van der Waals surface area contributed by atoms with Crippen LogP contribution >= 0.6 is 0 Å². The molecule has 0 amide bonds. The predicted octanol–water partition coefficient (Wildman–Crippen LogP) is 4.18. The maximum atomic E-state index is 12.1. The minimum absolute atomic E-state index is 0. The van der Waals surface area contributed by atoms with Gasteiger partial charge in [0.1, 0.15) is 11.5 Å². The molecule has 2 aromatic rings. The second kappa shape index (κ2) is 7.96. The first-order chi connectivity index (χ1) is 11.1. The van der Waals surface area contributed by atoms with Gasteiger partial charge in [0.05, 0.1) is 0 Å². The second-order valence-corrected chi connectivity index (χ2v) is 5.54. The summed E-state index contributed by atoms with van der Waals surface area (Å²) < 4.78 is 5.82. The van der Waals surface area contributed by atoms with Crippen molar-refractivity contribution in [1.82, 2.24) is 0 Å². The fraction of sp³-hybridized carbons (Fsp3) is 0.0952. The quantitative estimate of drug-likeness (QED) is 0.523. The maximum Gasteiger partial charge on any atom is 2.00 e. The Hall–Kier alpha value is -2.35. The Kier molecular flexibility index (Phi) is 5.97. The van der Waals surface area contributed by atoms with Crippen molar-refractivity contribution < 1.29 is 26.9 Å². The van der Waals surface area contributed by atoms with Crippen LogP contribution in [0.3, 0.4) is 0 Å². The minimum Gasteiger partial charge on any atom is -0.872 e. The van der Waals surface area contributed by atoms with Gasteiger partial charge in [-0.15, -0.1) is 0 Å². The zero-order chi connectivity index (χ0) is 16.2. The van der Waals surface area contributed by atoms with Gasteiger partial charge in [-0.3, -0.25) is 0 Å². The molecule has 1 aliphatic carbocycles. The number of benzene rings is 1. The van der Waals surface area contributed by atoms with Gasteiger partial charge in [-0.1, -0.05) is 30.1 Å². The third-order valence-corrected chi connectivity index (χ3v) is 3.85. The van der Waals surface area contributed by atoms with E-state index >= 15 is 0 Å². The van der Waals surface area contributed by atoms with Crippen molar-refractivity contribution in [3.05, 3.63) is 101 Å². The Labute approximate surface area is 153 Å². The Balaban J connectivity index is 0.000000300. The molecule has 2 nitrogen and oxygen atoms in total. The third-order valence-electron chi connectivity index (χ3n) is 3.85. The largest absolute Gasteiger partial charge is 2.00 e. The van der Waals surface area contributed by atoms with Crippen LogP contribution in [0.2, 0.25) is 0 Å². The van der Waals surface area contributed by atoms with Crippen LogP contribution in [0.5, 0.6) is 5.75 Å². The molecule has 122 valence electrons. The van der Waals surface area contributed by atoms with Gasteiger partial charge in [0, 0.05) is 11.1 Å². The summed E-state index contributed by atoms with van der Waals surface area (Å²) in [7, 11) is 0. The number of ether oxygens (including phenoxy) is 1. The minimum atomic E-state index is 0. The summed E-state index contributed by atoms with van der Waals surface area (Å²) in [5, 5.41) is 12.1. The van der Waals surface area contributed by atoms with Crippen molar-refractivity contribution in [1.29, 1.82) is 0 Å². The van der Waals surface area contributed by atoms with Crippen LogP contribution < -0.4 is 9.84 Å². The molecule has 0 saturated heterocycles. The molecule has 0 spiro atoms. The molecule has 2 aromatic carbocycles. The fourth-order valence-electron chi connectivity index (χ4n) is 2.41. The molecule has 0 atom stereocenters. The predicted molar refractivity (Wildman–Crippen MR) is 91.9 cm³/mol. The molecule has 0 saturated carbocycles. The summed E-state index contributed by atoms with van der Waals surface area (Å²) >= 11 is 0. The topological polar surface area (TPSA) is 32.3 Å². The number of allylic oxidation sites excluding steroid dienone is 6. The van der Waals surface area contributed by atoms with E-state index in [1.165, 1.54) is 0 Å². The molecule has 1 heterocycles. The van der Waals surface area contributed by atoms with Gasteiger partial charge in [0.15, 0.2) is 0 Å².